The lowest BCUT2D eigenvalue weighted by atomic mass is 9.96. The van der Waals surface area contributed by atoms with Crippen LogP contribution < -0.4 is 15.5 Å². The third kappa shape index (κ3) is 6.63. The van der Waals surface area contributed by atoms with Crippen molar-refractivity contribution in [3.05, 3.63) is 76.6 Å². The van der Waals surface area contributed by atoms with Gasteiger partial charge in [-0.25, -0.2) is 9.97 Å². The summed E-state index contributed by atoms with van der Waals surface area (Å²) in [7, 11) is 0. The maximum absolute atomic E-state index is 12.9. The molecule has 0 spiro atoms. The molecule has 3 aromatic rings. The van der Waals surface area contributed by atoms with Crippen LogP contribution >= 0.6 is 11.8 Å². The monoisotopic (exact) mass is 554 g/mol. The highest BCUT2D eigenvalue weighted by Gasteiger charge is 2.30. The van der Waals surface area contributed by atoms with Crippen molar-refractivity contribution >= 4 is 34.9 Å². The standard InChI is InChI=1S/C27H25F3N6O2S/c28-27(29,30)20-5-3-18(4-6-20)23-19(2-1-10-32-23)16-31-15-17-8-12-36(13-9-17)25-33-11-7-21(34-25)14-22-24(37)35-26(38)39-22/h1-7,10-11,14,17,31H,8-9,12-13,15-16H2,(H,35,37,38)/b22-14-. The number of imide groups is 1. The summed E-state index contributed by atoms with van der Waals surface area (Å²) in [6, 6.07) is 10.5. The molecule has 0 aliphatic carbocycles. The van der Waals surface area contributed by atoms with Crippen molar-refractivity contribution < 1.29 is 22.8 Å². The number of hydrogen-bond acceptors (Lipinski definition) is 8. The molecule has 12 heteroatoms. The number of benzene rings is 1. The highest BCUT2D eigenvalue weighted by Crippen LogP contribution is 2.31. The van der Waals surface area contributed by atoms with Crippen LogP contribution in [0.15, 0.2) is 59.8 Å². The molecule has 5 rings (SSSR count). The normalized spacial score (nSPS) is 17.6. The molecule has 0 atom stereocenters. The van der Waals surface area contributed by atoms with Gasteiger partial charge in [-0.1, -0.05) is 18.2 Å². The maximum atomic E-state index is 12.9. The summed E-state index contributed by atoms with van der Waals surface area (Å²) in [4.78, 5) is 38.9. The molecule has 0 saturated carbocycles. The number of carbonyl (C=O) groups is 2. The lowest BCUT2D eigenvalue weighted by molar-refractivity contribution is -0.137. The van der Waals surface area contributed by atoms with Crippen LogP contribution in [0, 0.1) is 5.92 Å². The highest BCUT2D eigenvalue weighted by molar-refractivity contribution is 8.18. The number of aromatic nitrogens is 3. The van der Waals surface area contributed by atoms with E-state index in [1.807, 2.05) is 12.1 Å². The van der Waals surface area contributed by atoms with E-state index in [0.717, 1.165) is 61.9 Å². The number of nitrogens with zero attached hydrogens (tertiary/aromatic N) is 4. The van der Waals surface area contributed by atoms with E-state index >= 15 is 0 Å². The van der Waals surface area contributed by atoms with Crippen molar-refractivity contribution in [2.75, 3.05) is 24.5 Å². The van der Waals surface area contributed by atoms with Gasteiger partial charge in [-0.05, 0) is 73.0 Å². The number of piperidine rings is 1. The fourth-order valence-corrected chi connectivity index (χ4v) is 5.22. The molecule has 0 unspecified atom stereocenters. The summed E-state index contributed by atoms with van der Waals surface area (Å²) in [5.41, 5.74) is 2.11. The van der Waals surface area contributed by atoms with E-state index in [1.165, 1.54) is 12.1 Å². The van der Waals surface area contributed by atoms with Gasteiger partial charge < -0.3 is 10.2 Å². The van der Waals surface area contributed by atoms with Crippen LogP contribution in [0.4, 0.5) is 23.9 Å². The molecule has 2 aromatic heterocycles. The third-order valence-corrected chi connectivity index (χ3v) is 7.42. The Hall–Kier alpha value is -3.77. The summed E-state index contributed by atoms with van der Waals surface area (Å²) >= 11 is 0.853. The molecule has 2 N–H and O–H groups in total. The number of alkyl halides is 3. The Labute approximate surface area is 227 Å². The number of nitrogens with one attached hydrogen (secondary N) is 2. The number of rotatable bonds is 7. The fraction of sp³-hybridized carbons (Fsp3) is 0.296. The zero-order chi connectivity index (χ0) is 27.4. The quantitative estimate of drug-likeness (QED) is 0.399. The van der Waals surface area contributed by atoms with Crippen LogP contribution in [0.25, 0.3) is 17.3 Å². The van der Waals surface area contributed by atoms with E-state index in [0.29, 0.717) is 40.3 Å². The second kappa shape index (κ2) is 11.5. The lowest BCUT2D eigenvalue weighted by Gasteiger charge is -2.32. The Morgan fingerprint density at radius 2 is 1.82 bits per heavy atom. The van der Waals surface area contributed by atoms with E-state index in [2.05, 4.69) is 30.5 Å². The molecule has 4 heterocycles. The van der Waals surface area contributed by atoms with Crippen molar-refractivity contribution in [2.45, 2.75) is 25.6 Å². The smallest absolute Gasteiger partial charge is 0.341 e. The second-order valence-corrected chi connectivity index (χ2v) is 10.3. The van der Waals surface area contributed by atoms with E-state index in [4.69, 9.17) is 0 Å². The van der Waals surface area contributed by atoms with E-state index < -0.39 is 22.9 Å². The summed E-state index contributed by atoms with van der Waals surface area (Å²) in [6.07, 6.45) is 2.37. The molecule has 0 bridgehead atoms. The molecule has 202 valence electrons. The van der Waals surface area contributed by atoms with Gasteiger partial charge in [0.25, 0.3) is 11.1 Å². The Morgan fingerprint density at radius 3 is 2.51 bits per heavy atom. The first-order valence-corrected chi connectivity index (χ1v) is 13.2. The van der Waals surface area contributed by atoms with Gasteiger partial charge in [-0.2, -0.15) is 13.2 Å². The highest BCUT2D eigenvalue weighted by atomic mass is 32.2. The largest absolute Gasteiger partial charge is 0.416 e. The van der Waals surface area contributed by atoms with E-state index in [9.17, 15) is 22.8 Å². The topological polar surface area (TPSA) is 100 Å². The molecule has 0 radical (unpaired) electrons. The first-order chi connectivity index (χ1) is 18.8. The van der Waals surface area contributed by atoms with Gasteiger partial charge in [-0.3, -0.25) is 19.9 Å². The number of thioether (sulfide) groups is 1. The predicted molar refractivity (Wildman–Crippen MR) is 142 cm³/mol. The Kier molecular flexibility index (Phi) is 7.94. The summed E-state index contributed by atoms with van der Waals surface area (Å²) in [5.74, 6) is 0.612. The molecule has 2 fully saturated rings. The molecule has 39 heavy (non-hydrogen) atoms. The maximum Gasteiger partial charge on any atom is 0.416 e. The number of halogens is 3. The zero-order valence-corrected chi connectivity index (χ0v) is 21.6. The van der Waals surface area contributed by atoms with Crippen molar-refractivity contribution in [3.63, 3.8) is 0 Å². The molecule has 2 saturated heterocycles. The average Bonchev–Trinajstić information content (AvgIpc) is 3.25. The van der Waals surface area contributed by atoms with Crippen molar-refractivity contribution in [1.29, 1.82) is 0 Å². The van der Waals surface area contributed by atoms with Gasteiger partial charge in [-0.15, -0.1) is 0 Å². The summed E-state index contributed by atoms with van der Waals surface area (Å²) < 4.78 is 38.8. The van der Waals surface area contributed by atoms with Crippen molar-refractivity contribution in [2.24, 2.45) is 5.92 Å². The summed E-state index contributed by atoms with van der Waals surface area (Å²) in [6.45, 7) is 2.91. The molecule has 2 aliphatic rings. The minimum Gasteiger partial charge on any atom is -0.341 e. The molecular formula is C27H25F3N6O2S. The van der Waals surface area contributed by atoms with Gasteiger partial charge >= 0.3 is 6.18 Å². The van der Waals surface area contributed by atoms with E-state index in [-0.39, 0.29) is 0 Å². The van der Waals surface area contributed by atoms with Crippen LogP contribution in [0.5, 0.6) is 0 Å². The zero-order valence-electron chi connectivity index (χ0n) is 20.7. The fourth-order valence-electron chi connectivity index (χ4n) is 4.56. The minimum atomic E-state index is -4.37. The van der Waals surface area contributed by atoms with Crippen LogP contribution in [-0.4, -0.2) is 45.7 Å². The van der Waals surface area contributed by atoms with Gasteiger partial charge in [0.2, 0.25) is 5.95 Å². The van der Waals surface area contributed by atoms with Gasteiger partial charge in [0.1, 0.15) is 0 Å². The lowest BCUT2D eigenvalue weighted by Crippen LogP contribution is -2.38. The third-order valence-electron chi connectivity index (χ3n) is 6.61. The SMILES string of the molecule is O=C1NC(=O)/C(=C/c2ccnc(N3CCC(CNCc4cccnc4-c4ccc(C(F)(F)F)cc4)CC3)n2)S1. The first-order valence-electron chi connectivity index (χ1n) is 12.4. The Morgan fingerprint density at radius 1 is 1.05 bits per heavy atom. The van der Waals surface area contributed by atoms with Gasteiger partial charge in [0.05, 0.1) is 21.9 Å². The molecule has 2 amide bonds. The van der Waals surface area contributed by atoms with Gasteiger partial charge in [0.15, 0.2) is 0 Å². The molecule has 8 nitrogen and oxygen atoms in total. The Bertz CT molecular complexity index is 1390. The number of anilines is 1. The molecule has 2 aliphatic heterocycles. The molecule has 1 aromatic carbocycles. The minimum absolute atomic E-state index is 0.310. The number of amides is 2. The molecular weight excluding hydrogens is 529 g/mol. The van der Waals surface area contributed by atoms with Crippen LogP contribution in [-0.2, 0) is 17.5 Å². The van der Waals surface area contributed by atoms with Crippen LogP contribution in [0.1, 0.15) is 29.7 Å². The van der Waals surface area contributed by atoms with Crippen LogP contribution in [0.2, 0.25) is 0 Å². The first kappa shape index (κ1) is 26.8. The van der Waals surface area contributed by atoms with Crippen LogP contribution in [0.3, 0.4) is 0 Å². The second-order valence-electron chi connectivity index (χ2n) is 9.28. The predicted octanol–water partition coefficient (Wildman–Crippen LogP) is 4.89. The van der Waals surface area contributed by atoms with Crippen molar-refractivity contribution in [1.82, 2.24) is 25.6 Å². The van der Waals surface area contributed by atoms with Gasteiger partial charge in [0, 0.05) is 37.6 Å². The van der Waals surface area contributed by atoms with E-state index in [1.54, 1.807) is 24.5 Å². The summed E-state index contributed by atoms with van der Waals surface area (Å²) in [5, 5.41) is 5.32. The average molecular weight is 555 g/mol. The number of carbonyl (C=O) groups excluding carboxylic acids is 2. The van der Waals surface area contributed by atoms with Crippen molar-refractivity contribution in [3.8, 4) is 11.3 Å². The number of pyridine rings is 1. The number of hydrogen-bond donors (Lipinski definition) is 2. The Balaban J connectivity index is 1.14.